The summed E-state index contributed by atoms with van der Waals surface area (Å²) in [7, 11) is 0. The quantitative estimate of drug-likeness (QED) is 0.0223. The van der Waals surface area contributed by atoms with E-state index in [9.17, 15) is 0 Å². The summed E-state index contributed by atoms with van der Waals surface area (Å²) >= 11 is 0. The van der Waals surface area contributed by atoms with Gasteiger partial charge in [0.2, 0.25) is 0 Å². The van der Waals surface area contributed by atoms with E-state index >= 15 is 0 Å². The molecule has 0 spiro atoms. The van der Waals surface area contributed by atoms with Gasteiger partial charge in [-0.25, -0.2) is 0 Å². The van der Waals surface area contributed by atoms with Crippen molar-refractivity contribution in [1.82, 2.24) is 0 Å². The summed E-state index contributed by atoms with van der Waals surface area (Å²) in [6, 6.07) is 29.5. The zero-order chi connectivity index (χ0) is 42.1. The van der Waals surface area contributed by atoms with Crippen molar-refractivity contribution in [2.45, 2.75) is 19.8 Å². The average Bonchev–Trinajstić information content (AvgIpc) is 3.28. The van der Waals surface area contributed by atoms with Crippen molar-refractivity contribution in [3.63, 3.8) is 0 Å². The van der Waals surface area contributed by atoms with Crippen LogP contribution in [0.2, 0.25) is 0 Å². The Balaban J connectivity index is 1.40. The summed E-state index contributed by atoms with van der Waals surface area (Å²) in [6.07, 6.45) is 0. The van der Waals surface area contributed by atoms with E-state index in [1.54, 1.807) is 0 Å². The van der Waals surface area contributed by atoms with Crippen molar-refractivity contribution in [2.75, 3.05) is 79.1 Å². The fourth-order valence-corrected chi connectivity index (χ4v) is 5.01. The van der Waals surface area contributed by atoms with Gasteiger partial charge in [0.1, 0.15) is 0 Å². The SMILES string of the molecule is [N-]=[N+]=NCCOCCOCc1ccc(C#Cc2cc(C#Cc3ccc(COCCOCCN=[N+]=[N-])cc3)cc(C#Cc3ccc(COCCOCCN=[N+]=[N-])cc3)c2)cc1. The van der Waals surface area contributed by atoms with Crippen LogP contribution in [0.25, 0.3) is 31.3 Å². The van der Waals surface area contributed by atoms with Gasteiger partial charge in [-0.2, -0.15) is 0 Å². The lowest BCUT2D eigenvalue weighted by Crippen LogP contribution is -2.06. The third-order valence-corrected chi connectivity index (χ3v) is 7.97. The molecule has 0 fully saturated rings. The molecule has 306 valence electrons. The summed E-state index contributed by atoms with van der Waals surface area (Å²) < 4.78 is 33.2. The molecular formula is C45H45N9O6. The smallest absolute Gasteiger partial charge is 0.0718 e. The fourth-order valence-electron chi connectivity index (χ4n) is 5.01. The number of rotatable bonds is 24. The number of nitrogens with zero attached hydrogens (tertiary/aromatic N) is 9. The van der Waals surface area contributed by atoms with E-state index in [0.717, 1.165) is 50.1 Å². The molecule has 0 aliphatic rings. The van der Waals surface area contributed by atoms with Crippen LogP contribution < -0.4 is 0 Å². The number of hydrogen-bond donors (Lipinski definition) is 0. The summed E-state index contributed by atoms with van der Waals surface area (Å²) in [5.74, 6) is 19.6. The first kappa shape index (κ1) is 45.9. The Bertz CT molecular complexity index is 1980. The number of ether oxygens (including phenoxy) is 6. The summed E-state index contributed by atoms with van der Waals surface area (Å²) in [6.45, 7) is 5.89. The van der Waals surface area contributed by atoms with Gasteiger partial charge in [0, 0.05) is 67.8 Å². The third kappa shape index (κ3) is 20.1. The van der Waals surface area contributed by atoms with Crippen LogP contribution in [0.5, 0.6) is 0 Å². The van der Waals surface area contributed by atoms with E-state index in [-0.39, 0.29) is 0 Å². The van der Waals surface area contributed by atoms with Gasteiger partial charge in [-0.15, -0.1) is 0 Å². The Morgan fingerprint density at radius 2 is 0.583 bits per heavy atom. The standard InChI is InChI=1S/C45H45N9O6/c46-52-49-19-22-55-25-28-58-34-40-10-1-37(2-11-40)7-16-43-31-44(17-8-38-3-12-41(13-4-38)35-59-29-26-56-23-20-50-53-47)33-45(32-43)18-9-39-5-14-42(15-6-39)36-60-30-27-57-24-21-51-54-48/h1-6,10-15,31-33H,19-30,34-36H2. The minimum atomic E-state index is 0.300. The van der Waals surface area contributed by atoms with E-state index < -0.39 is 0 Å². The number of benzene rings is 4. The molecular weight excluding hydrogens is 763 g/mol. The lowest BCUT2D eigenvalue weighted by atomic mass is 10.0. The van der Waals surface area contributed by atoms with Crippen molar-refractivity contribution >= 4 is 0 Å². The first-order valence-electron chi connectivity index (χ1n) is 19.1. The molecule has 0 bridgehead atoms. The number of hydrogen-bond acceptors (Lipinski definition) is 9. The van der Waals surface area contributed by atoms with Crippen molar-refractivity contribution in [1.29, 1.82) is 0 Å². The van der Waals surface area contributed by atoms with Gasteiger partial charge in [-0.05, 0) is 87.9 Å². The van der Waals surface area contributed by atoms with Gasteiger partial charge in [-0.3, -0.25) is 0 Å². The average molecular weight is 808 g/mol. The van der Waals surface area contributed by atoms with Crippen LogP contribution in [-0.2, 0) is 48.2 Å². The largest absolute Gasteiger partial charge is 0.379 e. The molecule has 0 amide bonds. The Hall–Kier alpha value is -6.75. The van der Waals surface area contributed by atoms with E-state index in [1.165, 1.54) is 0 Å². The van der Waals surface area contributed by atoms with E-state index in [4.69, 9.17) is 45.0 Å². The molecule has 0 aliphatic heterocycles. The molecule has 4 aromatic carbocycles. The van der Waals surface area contributed by atoms with Crippen LogP contribution in [0.15, 0.2) is 106 Å². The van der Waals surface area contributed by atoms with E-state index in [0.29, 0.717) is 98.9 Å². The van der Waals surface area contributed by atoms with Gasteiger partial charge >= 0.3 is 0 Å². The van der Waals surface area contributed by atoms with Crippen LogP contribution >= 0.6 is 0 Å². The molecule has 0 heterocycles. The molecule has 0 N–H and O–H groups in total. The Morgan fingerprint density at radius 3 is 0.850 bits per heavy atom. The van der Waals surface area contributed by atoms with Gasteiger partial charge < -0.3 is 28.4 Å². The van der Waals surface area contributed by atoms with Crippen LogP contribution in [0.4, 0.5) is 0 Å². The highest BCUT2D eigenvalue weighted by molar-refractivity contribution is 5.55. The lowest BCUT2D eigenvalue weighted by molar-refractivity contribution is 0.0434. The maximum atomic E-state index is 8.32. The van der Waals surface area contributed by atoms with Crippen molar-refractivity contribution < 1.29 is 28.4 Å². The molecule has 0 saturated carbocycles. The fraction of sp³-hybridized carbons (Fsp3) is 0.333. The first-order chi connectivity index (χ1) is 29.6. The first-order valence-corrected chi connectivity index (χ1v) is 19.1. The molecule has 60 heavy (non-hydrogen) atoms. The van der Waals surface area contributed by atoms with Crippen molar-refractivity contribution in [3.8, 4) is 35.5 Å². The van der Waals surface area contributed by atoms with Crippen LogP contribution in [0, 0.1) is 35.5 Å². The molecule has 4 rings (SSSR count). The molecule has 15 nitrogen and oxygen atoms in total. The molecule has 15 heteroatoms. The predicted molar refractivity (Wildman–Crippen MR) is 227 cm³/mol. The van der Waals surface area contributed by atoms with Gasteiger partial charge in [-0.1, -0.05) is 87.3 Å². The van der Waals surface area contributed by atoms with Crippen LogP contribution in [0.1, 0.15) is 50.1 Å². The second kappa shape index (κ2) is 29.5. The normalized spacial score (nSPS) is 10.0. The van der Waals surface area contributed by atoms with Crippen LogP contribution in [-0.4, -0.2) is 79.1 Å². The highest BCUT2D eigenvalue weighted by atomic mass is 16.5. The summed E-state index contributed by atoms with van der Waals surface area (Å²) in [4.78, 5) is 8.09. The van der Waals surface area contributed by atoms with Crippen molar-refractivity contribution in [2.24, 2.45) is 15.3 Å². The Kier molecular flexibility index (Phi) is 22.6. The zero-order valence-corrected chi connectivity index (χ0v) is 33.2. The maximum absolute atomic E-state index is 8.32. The van der Waals surface area contributed by atoms with Gasteiger partial charge in [0.05, 0.1) is 79.3 Å². The summed E-state index contributed by atoms with van der Waals surface area (Å²) in [5.41, 5.74) is 32.9. The second-order valence-corrected chi connectivity index (χ2v) is 12.5. The number of azide groups is 3. The minimum Gasteiger partial charge on any atom is -0.379 e. The zero-order valence-electron chi connectivity index (χ0n) is 33.2. The lowest BCUT2D eigenvalue weighted by Gasteiger charge is -2.05. The molecule has 0 unspecified atom stereocenters. The van der Waals surface area contributed by atoms with E-state index in [1.807, 2.05) is 91.0 Å². The predicted octanol–water partition coefficient (Wildman–Crippen LogP) is 8.42. The molecule has 0 saturated heterocycles. The second-order valence-electron chi connectivity index (χ2n) is 12.5. The van der Waals surface area contributed by atoms with Gasteiger partial charge in [0.15, 0.2) is 0 Å². The maximum Gasteiger partial charge on any atom is 0.0718 e. The van der Waals surface area contributed by atoms with E-state index in [2.05, 4.69) is 65.6 Å². The molecule has 0 aliphatic carbocycles. The summed E-state index contributed by atoms with van der Waals surface area (Å²) in [5, 5.41) is 10.3. The molecule has 0 radical (unpaired) electrons. The Labute approximate surface area is 349 Å². The highest BCUT2D eigenvalue weighted by Gasteiger charge is 2.01. The topological polar surface area (TPSA) is 202 Å². The molecule has 0 aromatic heterocycles. The van der Waals surface area contributed by atoms with Gasteiger partial charge in [0.25, 0.3) is 0 Å². The Morgan fingerprint density at radius 1 is 0.333 bits per heavy atom. The highest BCUT2D eigenvalue weighted by Crippen LogP contribution is 2.12. The molecule has 0 atom stereocenters. The van der Waals surface area contributed by atoms with Crippen LogP contribution in [0.3, 0.4) is 0 Å². The monoisotopic (exact) mass is 807 g/mol. The van der Waals surface area contributed by atoms with Crippen molar-refractivity contribution in [3.05, 3.63) is 172 Å². The third-order valence-electron chi connectivity index (χ3n) is 7.97. The minimum absolute atomic E-state index is 0.300. The molecule has 4 aromatic rings.